The van der Waals surface area contributed by atoms with E-state index in [9.17, 15) is 4.79 Å². The van der Waals surface area contributed by atoms with Gasteiger partial charge in [0.2, 0.25) is 0 Å². The summed E-state index contributed by atoms with van der Waals surface area (Å²) >= 11 is 12.1. The maximum Gasteiger partial charge on any atom is 0.251 e. The second-order valence-corrected chi connectivity index (χ2v) is 8.98. The highest BCUT2D eigenvalue weighted by atomic mass is 35.5. The number of fused-ring (bicyclic) bond motifs is 1. The van der Waals surface area contributed by atoms with Crippen molar-refractivity contribution >= 4 is 29.1 Å². The van der Waals surface area contributed by atoms with E-state index in [2.05, 4.69) is 10.2 Å². The third-order valence-corrected chi connectivity index (χ3v) is 6.80. The highest BCUT2D eigenvalue weighted by molar-refractivity contribution is 6.35. The summed E-state index contributed by atoms with van der Waals surface area (Å²) in [7, 11) is 0. The van der Waals surface area contributed by atoms with Crippen LogP contribution in [0.2, 0.25) is 10.0 Å². The number of hydrogen-bond donors (Lipinski definition) is 1. The minimum absolute atomic E-state index is 0.0516. The fraction of sp³-hybridized carbons (Fsp3) is 0.650. The highest BCUT2D eigenvalue weighted by Crippen LogP contribution is 2.39. The van der Waals surface area contributed by atoms with E-state index >= 15 is 0 Å². The molecule has 0 bridgehead atoms. The molecule has 2 saturated carbocycles. The van der Waals surface area contributed by atoms with Crippen molar-refractivity contribution < 1.29 is 4.79 Å². The summed E-state index contributed by atoms with van der Waals surface area (Å²) in [4.78, 5) is 15.3. The first-order chi connectivity index (χ1) is 12.1. The maximum atomic E-state index is 12.6. The number of carbonyl (C=O) groups is 1. The molecule has 136 valence electrons. The van der Waals surface area contributed by atoms with E-state index < -0.39 is 0 Å². The standard InChI is InChI=1S/C20H26Cl2N2O/c21-16-7-15(8-17(22)9-16)20(25)23-19-6-5-14-11-24(12-18(14)19)10-13-3-1-2-4-13/h7-9,13-14,18-19H,1-6,10-12H2,(H,23,25). The number of amides is 1. The van der Waals surface area contributed by atoms with E-state index in [4.69, 9.17) is 23.2 Å². The van der Waals surface area contributed by atoms with Gasteiger partial charge in [0, 0.05) is 41.3 Å². The normalized spacial score (nSPS) is 29.9. The zero-order valence-corrected chi connectivity index (χ0v) is 16.0. The van der Waals surface area contributed by atoms with Gasteiger partial charge in [0.25, 0.3) is 5.91 Å². The van der Waals surface area contributed by atoms with E-state index in [1.165, 1.54) is 45.2 Å². The molecule has 3 aliphatic rings. The number of benzene rings is 1. The lowest BCUT2D eigenvalue weighted by atomic mass is 9.97. The molecule has 1 aromatic rings. The van der Waals surface area contributed by atoms with Crippen LogP contribution in [0.15, 0.2) is 18.2 Å². The van der Waals surface area contributed by atoms with Gasteiger partial charge in [-0.1, -0.05) is 36.0 Å². The van der Waals surface area contributed by atoms with Gasteiger partial charge in [-0.15, -0.1) is 0 Å². The van der Waals surface area contributed by atoms with Crippen LogP contribution in [-0.4, -0.2) is 36.5 Å². The summed E-state index contributed by atoms with van der Waals surface area (Å²) in [6.07, 6.45) is 7.95. The zero-order chi connectivity index (χ0) is 17.4. The minimum atomic E-state index is -0.0516. The minimum Gasteiger partial charge on any atom is -0.349 e. The molecule has 0 aromatic heterocycles. The number of halogens is 2. The number of nitrogens with zero attached hydrogens (tertiary/aromatic N) is 1. The van der Waals surface area contributed by atoms with Gasteiger partial charge in [-0.3, -0.25) is 4.79 Å². The molecule has 1 amide bonds. The summed E-state index contributed by atoms with van der Waals surface area (Å²) in [6.45, 7) is 3.62. The monoisotopic (exact) mass is 380 g/mol. The Bertz CT molecular complexity index is 624. The molecule has 1 aliphatic heterocycles. The molecule has 3 atom stereocenters. The molecule has 0 radical (unpaired) electrons. The lowest BCUT2D eigenvalue weighted by molar-refractivity contribution is 0.0925. The predicted octanol–water partition coefficient (Wildman–Crippen LogP) is 4.62. The molecule has 3 fully saturated rings. The number of likely N-dealkylation sites (tertiary alicyclic amines) is 1. The Hall–Kier alpha value is -0.770. The van der Waals surface area contributed by atoms with Gasteiger partial charge in [-0.25, -0.2) is 0 Å². The molecule has 5 heteroatoms. The van der Waals surface area contributed by atoms with Gasteiger partial charge in [-0.2, -0.15) is 0 Å². The van der Waals surface area contributed by atoms with Crippen LogP contribution in [0.5, 0.6) is 0 Å². The van der Waals surface area contributed by atoms with Crippen molar-refractivity contribution in [2.75, 3.05) is 19.6 Å². The lowest BCUT2D eigenvalue weighted by Gasteiger charge is -2.23. The highest BCUT2D eigenvalue weighted by Gasteiger charge is 2.43. The van der Waals surface area contributed by atoms with Crippen molar-refractivity contribution in [3.05, 3.63) is 33.8 Å². The first kappa shape index (κ1) is 17.6. The molecule has 1 aromatic carbocycles. The van der Waals surface area contributed by atoms with Crippen LogP contribution in [0.1, 0.15) is 48.9 Å². The van der Waals surface area contributed by atoms with Crippen LogP contribution in [0, 0.1) is 17.8 Å². The Kier molecular flexibility index (Phi) is 5.26. The van der Waals surface area contributed by atoms with Gasteiger partial charge in [0.1, 0.15) is 0 Å². The van der Waals surface area contributed by atoms with E-state index in [-0.39, 0.29) is 11.9 Å². The molecule has 25 heavy (non-hydrogen) atoms. The Balaban J connectivity index is 1.36. The van der Waals surface area contributed by atoms with Crippen LogP contribution in [0.3, 0.4) is 0 Å². The van der Waals surface area contributed by atoms with Crippen molar-refractivity contribution in [1.29, 1.82) is 0 Å². The molecule has 3 nitrogen and oxygen atoms in total. The predicted molar refractivity (Wildman–Crippen MR) is 102 cm³/mol. The Labute approximate surface area is 160 Å². The summed E-state index contributed by atoms with van der Waals surface area (Å²) < 4.78 is 0. The lowest BCUT2D eigenvalue weighted by Crippen LogP contribution is -2.40. The molecule has 1 saturated heterocycles. The third kappa shape index (κ3) is 3.99. The molecule has 1 heterocycles. The number of carbonyl (C=O) groups excluding carboxylic acids is 1. The van der Waals surface area contributed by atoms with Crippen molar-refractivity contribution in [3.8, 4) is 0 Å². The summed E-state index contributed by atoms with van der Waals surface area (Å²) in [6, 6.07) is 5.32. The average Bonchev–Trinajstić information content (AvgIpc) is 3.26. The fourth-order valence-corrected chi connectivity index (χ4v) is 5.71. The zero-order valence-electron chi connectivity index (χ0n) is 14.5. The molecule has 4 rings (SSSR count). The molecular formula is C20H26Cl2N2O. The average molecular weight is 381 g/mol. The van der Waals surface area contributed by atoms with E-state index in [0.717, 1.165) is 24.8 Å². The van der Waals surface area contributed by atoms with Crippen molar-refractivity contribution in [2.24, 2.45) is 17.8 Å². The van der Waals surface area contributed by atoms with Gasteiger partial charge < -0.3 is 10.2 Å². The second kappa shape index (κ2) is 7.46. The van der Waals surface area contributed by atoms with Crippen LogP contribution >= 0.6 is 23.2 Å². The molecule has 0 spiro atoms. The maximum absolute atomic E-state index is 12.6. The Morgan fingerprint density at radius 2 is 1.76 bits per heavy atom. The molecule has 1 N–H and O–H groups in total. The smallest absolute Gasteiger partial charge is 0.251 e. The summed E-state index contributed by atoms with van der Waals surface area (Å²) in [5.41, 5.74) is 0.557. The fourth-order valence-electron chi connectivity index (χ4n) is 5.18. The first-order valence-corrected chi connectivity index (χ1v) is 10.3. The first-order valence-electron chi connectivity index (χ1n) is 9.58. The van der Waals surface area contributed by atoms with Crippen LogP contribution < -0.4 is 5.32 Å². The van der Waals surface area contributed by atoms with Crippen LogP contribution in [0.25, 0.3) is 0 Å². The van der Waals surface area contributed by atoms with Gasteiger partial charge in [0.05, 0.1) is 0 Å². The Morgan fingerprint density at radius 3 is 2.48 bits per heavy atom. The topological polar surface area (TPSA) is 32.3 Å². The van der Waals surface area contributed by atoms with Crippen LogP contribution in [-0.2, 0) is 0 Å². The second-order valence-electron chi connectivity index (χ2n) is 8.11. The van der Waals surface area contributed by atoms with E-state index in [1.54, 1.807) is 18.2 Å². The Morgan fingerprint density at radius 1 is 1.04 bits per heavy atom. The number of hydrogen-bond acceptors (Lipinski definition) is 2. The third-order valence-electron chi connectivity index (χ3n) is 6.36. The van der Waals surface area contributed by atoms with Gasteiger partial charge in [-0.05, 0) is 61.6 Å². The van der Waals surface area contributed by atoms with E-state index in [1.807, 2.05) is 0 Å². The quantitative estimate of drug-likeness (QED) is 0.825. The number of nitrogens with one attached hydrogen (secondary N) is 1. The van der Waals surface area contributed by atoms with Gasteiger partial charge >= 0.3 is 0 Å². The van der Waals surface area contributed by atoms with Crippen molar-refractivity contribution in [1.82, 2.24) is 10.2 Å². The molecule has 3 unspecified atom stereocenters. The van der Waals surface area contributed by atoms with E-state index in [0.29, 0.717) is 21.5 Å². The molecular weight excluding hydrogens is 355 g/mol. The summed E-state index contributed by atoms with van der Waals surface area (Å²) in [5.74, 6) is 2.19. The van der Waals surface area contributed by atoms with Crippen LogP contribution in [0.4, 0.5) is 0 Å². The molecule has 2 aliphatic carbocycles. The SMILES string of the molecule is O=C(NC1CCC2CN(CC3CCCC3)CC21)c1cc(Cl)cc(Cl)c1. The van der Waals surface area contributed by atoms with Crippen molar-refractivity contribution in [2.45, 2.75) is 44.6 Å². The summed E-state index contributed by atoms with van der Waals surface area (Å²) in [5, 5.41) is 4.26. The largest absolute Gasteiger partial charge is 0.349 e. The van der Waals surface area contributed by atoms with Gasteiger partial charge in [0.15, 0.2) is 0 Å². The number of rotatable bonds is 4. The van der Waals surface area contributed by atoms with Crippen molar-refractivity contribution in [3.63, 3.8) is 0 Å².